The van der Waals surface area contributed by atoms with Gasteiger partial charge in [0, 0.05) is 34.9 Å². The Morgan fingerprint density at radius 2 is 1.95 bits per heavy atom. The Hall–Kier alpha value is -2.89. The van der Waals surface area contributed by atoms with Gasteiger partial charge in [0.05, 0.1) is 12.7 Å². The van der Waals surface area contributed by atoms with E-state index in [1.54, 1.807) is 31.5 Å². The van der Waals surface area contributed by atoms with E-state index in [0.717, 1.165) is 17.6 Å². The van der Waals surface area contributed by atoms with Gasteiger partial charge in [-0.1, -0.05) is 0 Å². The highest BCUT2D eigenvalue weighted by molar-refractivity contribution is 6.12. The van der Waals surface area contributed by atoms with Gasteiger partial charge in [-0.25, -0.2) is 8.78 Å². The molecule has 112 valence electrons. The second-order valence-corrected chi connectivity index (χ2v) is 4.70. The lowest BCUT2D eigenvalue weighted by molar-refractivity contribution is 0.102. The lowest BCUT2D eigenvalue weighted by Gasteiger charge is -2.05. The van der Waals surface area contributed by atoms with E-state index in [0.29, 0.717) is 16.7 Å². The van der Waals surface area contributed by atoms with Crippen molar-refractivity contribution in [3.63, 3.8) is 0 Å². The van der Waals surface area contributed by atoms with Crippen molar-refractivity contribution in [3.05, 3.63) is 59.8 Å². The fraction of sp³-hybridized carbons (Fsp3) is 0.0625. The van der Waals surface area contributed by atoms with Gasteiger partial charge in [0.25, 0.3) is 5.91 Å². The highest BCUT2D eigenvalue weighted by atomic mass is 19.2. The second kappa shape index (κ2) is 5.48. The van der Waals surface area contributed by atoms with E-state index >= 15 is 0 Å². The van der Waals surface area contributed by atoms with Crippen molar-refractivity contribution in [2.75, 3.05) is 12.4 Å². The fourth-order valence-corrected chi connectivity index (χ4v) is 2.19. The largest absolute Gasteiger partial charge is 0.497 e. The molecule has 4 nitrogen and oxygen atoms in total. The number of halogens is 2. The minimum Gasteiger partial charge on any atom is -0.497 e. The van der Waals surface area contributed by atoms with Gasteiger partial charge < -0.3 is 15.0 Å². The number of H-pyrrole nitrogens is 1. The summed E-state index contributed by atoms with van der Waals surface area (Å²) in [5.41, 5.74) is 1.34. The van der Waals surface area contributed by atoms with Crippen molar-refractivity contribution in [1.82, 2.24) is 4.98 Å². The van der Waals surface area contributed by atoms with Gasteiger partial charge in [-0.05, 0) is 24.3 Å². The quantitative estimate of drug-likeness (QED) is 0.775. The van der Waals surface area contributed by atoms with Gasteiger partial charge in [0.1, 0.15) is 5.75 Å². The van der Waals surface area contributed by atoms with Crippen LogP contribution in [0.5, 0.6) is 5.75 Å². The number of carbonyl (C=O) groups excluding carboxylic acids is 1. The maximum Gasteiger partial charge on any atom is 0.257 e. The summed E-state index contributed by atoms with van der Waals surface area (Å²) in [6, 6.07) is 8.46. The average molecular weight is 302 g/mol. The fourth-order valence-electron chi connectivity index (χ4n) is 2.19. The summed E-state index contributed by atoms with van der Waals surface area (Å²) in [5, 5.41) is 3.25. The summed E-state index contributed by atoms with van der Waals surface area (Å²) < 4.78 is 31.2. The Morgan fingerprint density at radius 1 is 1.14 bits per heavy atom. The number of ether oxygens (including phenoxy) is 1. The van der Waals surface area contributed by atoms with E-state index < -0.39 is 17.5 Å². The Morgan fingerprint density at radius 3 is 2.68 bits per heavy atom. The maximum atomic E-state index is 13.2. The number of aromatic amines is 1. The van der Waals surface area contributed by atoms with E-state index in [1.807, 2.05) is 0 Å². The number of aromatic nitrogens is 1. The summed E-state index contributed by atoms with van der Waals surface area (Å²) in [5.74, 6) is -1.72. The number of hydrogen-bond acceptors (Lipinski definition) is 2. The van der Waals surface area contributed by atoms with E-state index in [4.69, 9.17) is 4.74 Å². The molecule has 0 aliphatic rings. The number of nitrogens with one attached hydrogen (secondary N) is 2. The summed E-state index contributed by atoms with van der Waals surface area (Å²) in [4.78, 5) is 15.2. The lowest BCUT2D eigenvalue weighted by atomic mass is 10.1. The van der Waals surface area contributed by atoms with Crippen molar-refractivity contribution in [3.8, 4) is 5.75 Å². The molecule has 0 spiro atoms. The normalized spacial score (nSPS) is 10.7. The van der Waals surface area contributed by atoms with Gasteiger partial charge in [0.2, 0.25) is 0 Å². The molecule has 3 aromatic rings. The molecule has 1 heterocycles. The van der Waals surface area contributed by atoms with Gasteiger partial charge >= 0.3 is 0 Å². The first-order valence-electron chi connectivity index (χ1n) is 6.50. The van der Waals surface area contributed by atoms with Gasteiger partial charge in [-0.2, -0.15) is 0 Å². The molecular weight excluding hydrogens is 290 g/mol. The van der Waals surface area contributed by atoms with Crippen LogP contribution in [0.3, 0.4) is 0 Å². The Kier molecular flexibility index (Phi) is 3.50. The minimum atomic E-state index is -1.01. The van der Waals surface area contributed by atoms with Crippen molar-refractivity contribution in [2.24, 2.45) is 0 Å². The molecule has 1 amide bonds. The topological polar surface area (TPSA) is 54.1 Å². The molecule has 0 radical (unpaired) electrons. The molecule has 0 aliphatic carbocycles. The number of rotatable bonds is 3. The van der Waals surface area contributed by atoms with Crippen LogP contribution >= 0.6 is 0 Å². The first kappa shape index (κ1) is 14.1. The molecule has 0 fully saturated rings. The molecule has 0 unspecified atom stereocenters. The molecule has 2 N–H and O–H groups in total. The molecular formula is C16H12F2N2O2. The Labute approximate surface area is 124 Å². The predicted octanol–water partition coefficient (Wildman–Crippen LogP) is 3.71. The summed E-state index contributed by atoms with van der Waals surface area (Å²) in [6.45, 7) is 0. The van der Waals surface area contributed by atoms with Crippen LogP contribution < -0.4 is 10.1 Å². The zero-order chi connectivity index (χ0) is 15.7. The van der Waals surface area contributed by atoms with Crippen LogP contribution in [0.2, 0.25) is 0 Å². The number of carbonyl (C=O) groups is 1. The Bertz CT molecular complexity index is 858. The van der Waals surface area contributed by atoms with Crippen LogP contribution in [-0.4, -0.2) is 18.0 Å². The molecule has 22 heavy (non-hydrogen) atoms. The van der Waals surface area contributed by atoms with Crippen LogP contribution in [0.1, 0.15) is 10.4 Å². The maximum absolute atomic E-state index is 13.2. The molecule has 6 heteroatoms. The summed E-state index contributed by atoms with van der Waals surface area (Å²) >= 11 is 0. The van der Waals surface area contributed by atoms with Crippen LogP contribution in [0.25, 0.3) is 10.9 Å². The van der Waals surface area contributed by atoms with Crippen molar-refractivity contribution >= 4 is 22.5 Å². The van der Waals surface area contributed by atoms with E-state index in [2.05, 4.69) is 10.3 Å². The van der Waals surface area contributed by atoms with Crippen molar-refractivity contribution in [2.45, 2.75) is 0 Å². The highest BCUT2D eigenvalue weighted by Gasteiger charge is 2.13. The number of benzene rings is 2. The molecule has 2 aromatic carbocycles. The number of amides is 1. The predicted molar refractivity (Wildman–Crippen MR) is 79.2 cm³/mol. The first-order chi connectivity index (χ1) is 10.6. The van der Waals surface area contributed by atoms with E-state index in [9.17, 15) is 13.6 Å². The second-order valence-electron chi connectivity index (χ2n) is 4.70. The van der Waals surface area contributed by atoms with E-state index in [-0.39, 0.29) is 5.69 Å². The molecule has 1 aromatic heterocycles. The highest BCUT2D eigenvalue weighted by Crippen LogP contribution is 2.24. The molecule has 3 rings (SSSR count). The number of anilines is 1. The van der Waals surface area contributed by atoms with Crippen molar-refractivity contribution in [1.29, 1.82) is 0 Å². The van der Waals surface area contributed by atoms with Gasteiger partial charge in [0.15, 0.2) is 11.6 Å². The number of hydrogen-bond donors (Lipinski definition) is 2. The first-order valence-corrected chi connectivity index (χ1v) is 6.50. The summed E-state index contributed by atoms with van der Waals surface area (Å²) in [7, 11) is 1.56. The van der Waals surface area contributed by atoms with E-state index in [1.165, 1.54) is 6.07 Å². The number of fused-ring (bicyclic) bond motifs is 1. The lowest BCUT2D eigenvalue weighted by Crippen LogP contribution is -2.11. The van der Waals surface area contributed by atoms with Crippen molar-refractivity contribution < 1.29 is 18.3 Å². The standard InChI is InChI=1S/C16H12F2N2O2/c1-22-10-3-4-11-12(8-19-15(11)7-10)16(21)20-9-2-5-13(17)14(18)6-9/h2-8,19H,1H3,(H,20,21). The monoisotopic (exact) mass is 302 g/mol. The third kappa shape index (κ3) is 2.50. The molecule has 0 atom stereocenters. The van der Waals surface area contributed by atoms with Crippen LogP contribution in [0.15, 0.2) is 42.6 Å². The SMILES string of the molecule is COc1ccc2c(C(=O)Nc3ccc(F)c(F)c3)c[nH]c2c1. The molecule has 0 saturated heterocycles. The molecule has 0 aliphatic heterocycles. The molecule has 0 saturated carbocycles. The van der Waals surface area contributed by atoms with Gasteiger partial charge in [-0.15, -0.1) is 0 Å². The zero-order valence-electron chi connectivity index (χ0n) is 11.6. The smallest absolute Gasteiger partial charge is 0.257 e. The zero-order valence-corrected chi connectivity index (χ0v) is 11.6. The third-order valence-electron chi connectivity index (χ3n) is 3.31. The third-order valence-corrected chi connectivity index (χ3v) is 3.31. The molecule has 0 bridgehead atoms. The minimum absolute atomic E-state index is 0.187. The van der Waals surface area contributed by atoms with Gasteiger partial charge in [-0.3, -0.25) is 4.79 Å². The van der Waals surface area contributed by atoms with Crippen LogP contribution in [0.4, 0.5) is 14.5 Å². The average Bonchev–Trinajstić information content (AvgIpc) is 2.94. The summed E-state index contributed by atoms with van der Waals surface area (Å²) in [6.07, 6.45) is 1.55. The van der Waals surface area contributed by atoms with Crippen LogP contribution in [-0.2, 0) is 0 Å². The Balaban J connectivity index is 1.90. The number of methoxy groups -OCH3 is 1. The van der Waals surface area contributed by atoms with Crippen LogP contribution in [0, 0.1) is 11.6 Å².